The number of carbonyl (C=O) groups is 3. The molecule has 0 bridgehead atoms. The number of nitrogen functional groups attached to an aromatic ring is 1. The lowest BCUT2D eigenvalue weighted by Gasteiger charge is -2.30. The summed E-state index contributed by atoms with van der Waals surface area (Å²) in [5, 5.41) is 26.2. The summed E-state index contributed by atoms with van der Waals surface area (Å²) in [6.45, 7) is 0.376. The molecule has 0 saturated carbocycles. The number of phosphoric ester groups is 3. The normalized spacial score (nSPS) is 21.6. The lowest BCUT2D eigenvalue weighted by atomic mass is 9.87. The number of ether oxygens (including phenoxy) is 1. The van der Waals surface area contributed by atoms with E-state index in [1.165, 1.54) is 13.8 Å². The van der Waals surface area contributed by atoms with Gasteiger partial charge in [0.25, 0.3) is 0 Å². The number of rotatable bonds is 22. The molecular weight excluding hydrogens is 869 g/mol. The molecule has 59 heavy (non-hydrogen) atoms. The van der Waals surface area contributed by atoms with Gasteiger partial charge in [-0.05, 0) is 12.0 Å². The minimum atomic E-state index is -5.58. The highest BCUT2D eigenvalue weighted by atomic mass is 32.2. The van der Waals surface area contributed by atoms with Crippen molar-refractivity contribution in [1.29, 1.82) is 0 Å². The lowest BCUT2D eigenvalue weighted by molar-refractivity contribution is -0.137. The van der Waals surface area contributed by atoms with Gasteiger partial charge in [-0.1, -0.05) is 55.9 Å². The summed E-state index contributed by atoms with van der Waals surface area (Å²) in [4.78, 5) is 88.1. The van der Waals surface area contributed by atoms with E-state index < -0.39 is 90.6 Å². The largest absolute Gasteiger partial charge is 0.481 e. The number of aromatic nitrogens is 4. The number of amides is 2. The van der Waals surface area contributed by atoms with Crippen molar-refractivity contribution in [1.82, 2.24) is 30.2 Å². The number of carbonyl (C=O) groups excluding carboxylic acids is 3. The van der Waals surface area contributed by atoms with Crippen LogP contribution in [0.1, 0.15) is 32.1 Å². The van der Waals surface area contributed by atoms with Crippen molar-refractivity contribution in [3.63, 3.8) is 0 Å². The van der Waals surface area contributed by atoms with Crippen LogP contribution in [0.3, 0.4) is 0 Å². The van der Waals surface area contributed by atoms with Gasteiger partial charge in [0.05, 0.1) is 25.6 Å². The van der Waals surface area contributed by atoms with Gasteiger partial charge < -0.3 is 56.6 Å². The number of hydrogen-bond donors (Lipinski definition) is 10. The molecule has 0 radical (unpaired) electrons. The molecule has 1 aliphatic rings. The highest BCUT2D eigenvalue weighted by Crippen LogP contribution is 2.61. The zero-order valence-corrected chi connectivity index (χ0v) is 34.8. The van der Waals surface area contributed by atoms with E-state index in [0.29, 0.717) is 6.42 Å². The Balaban J connectivity index is 1.20. The first-order chi connectivity index (χ1) is 27.5. The molecule has 1 aromatic carbocycles. The van der Waals surface area contributed by atoms with E-state index in [9.17, 15) is 57.9 Å². The highest BCUT2D eigenvalue weighted by Gasteiger charge is 2.50. The second-order valence-corrected chi connectivity index (χ2v) is 18.9. The topological polar surface area (TPSA) is 390 Å². The van der Waals surface area contributed by atoms with Gasteiger partial charge in [-0.3, -0.25) is 32.5 Å². The van der Waals surface area contributed by atoms with Crippen LogP contribution in [-0.4, -0.2) is 129 Å². The summed E-state index contributed by atoms with van der Waals surface area (Å²) in [6.07, 6.45) is -6.62. The van der Waals surface area contributed by atoms with Gasteiger partial charge >= 0.3 is 23.5 Å². The monoisotopic (exact) mass is 914 g/mol. The van der Waals surface area contributed by atoms with Gasteiger partial charge in [-0.25, -0.2) is 28.6 Å². The number of nitrogens with one attached hydrogen (secondary N) is 2. The van der Waals surface area contributed by atoms with Crippen LogP contribution in [0.25, 0.3) is 11.2 Å². The predicted molar refractivity (Wildman–Crippen MR) is 205 cm³/mol. The van der Waals surface area contributed by atoms with Crippen molar-refractivity contribution in [2.24, 2.45) is 11.1 Å². The van der Waals surface area contributed by atoms with Crippen molar-refractivity contribution < 1.29 is 80.5 Å². The summed E-state index contributed by atoms with van der Waals surface area (Å²) in [7, 11) is -16.4. The molecule has 1 fully saturated rings. The van der Waals surface area contributed by atoms with E-state index in [2.05, 4.69) is 34.4 Å². The molecule has 29 heteroatoms. The van der Waals surface area contributed by atoms with Crippen LogP contribution in [0.4, 0.5) is 5.82 Å². The molecule has 8 atom stereocenters. The van der Waals surface area contributed by atoms with E-state index in [4.69, 9.17) is 25.3 Å². The van der Waals surface area contributed by atoms with Crippen LogP contribution in [0.5, 0.6) is 0 Å². The summed E-state index contributed by atoms with van der Waals surface area (Å²) in [6, 6.07) is 8.54. The van der Waals surface area contributed by atoms with Crippen molar-refractivity contribution in [3.05, 3.63) is 48.5 Å². The van der Waals surface area contributed by atoms with E-state index in [1.807, 2.05) is 30.3 Å². The average molecular weight is 915 g/mol. The second-order valence-electron chi connectivity index (χ2n) is 13.5. The molecule has 2 unspecified atom stereocenters. The minimum Gasteiger partial charge on any atom is -0.386 e. The number of phosphoric acid groups is 3. The van der Waals surface area contributed by atoms with E-state index in [1.54, 1.807) is 0 Å². The Morgan fingerprint density at radius 2 is 1.69 bits per heavy atom. The smallest absolute Gasteiger partial charge is 0.386 e. The molecule has 1 aliphatic heterocycles. The molecule has 0 aliphatic carbocycles. The number of thioether (sulfide) groups is 1. The first-order valence-corrected chi connectivity index (χ1v) is 22.8. The maximum absolute atomic E-state index is 12.7. The molecule has 4 rings (SSSR count). The summed E-state index contributed by atoms with van der Waals surface area (Å²) in [5.74, 6) is -1.25. The number of fused-ring (bicyclic) bond motifs is 1. The molecule has 12 N–H and O–H groups in total. The van der Waals surface area contributed by atoms with E-state index in [0.717, 1.165) is 34.5 Å². The molecule has 0 spiro atoms. The number of nitrogens with zero attached hydrogens (tertiary/aromatic N) is 4. The van der Waals surface area contributed by atoms with Gasteiger partial charge in [0, 0.05) is 30.7 Å². The lowest BCUT2D eigenvalue weighted by Crippen LogP contribution is -2.46. The zero-order chi connectivity index (χ0) is 43.8. The molecule has 328 valence electrons. The second kappa shape index (κ2) is 20.5. The van der Waals surface area contributed by atoms with Gasteiger partial charge in [0.1, 0.15) is 36.3 Å². The van der Waals surface area contributed by atoms with E-state index >= 15 is 0 Å². The quantitative estimate of drug-likeness (QED) is 0.0437. The first kappa shape index (κ1) is 48.4. The summed E-state index contributed by atoms with van der Waals surface area (Å²) in [5.41, 5.74) is 11.1. The average Bonchev–Trinajstić information content (AvgIpc) is 3.71. The number of benzene rings is 1. The number of anilines is 1. The van der Waals surface area contributed by atoms with Crippen molar-refractivity contribution >= 4 is 69.1 Å². The SMILES string of the molecule is CC(C)(COP(=O)(O)OP(=O)(O)OC[C@H]1O[C@@H](n2cnc3c(N)ncnc32)[C@H](O)[C@@H]1OP(=O)(O)O)[C@@H](O)C(=O)NCCC(=O)NCCSC(=O)[C@@H](N)Cc1ccccc1. The Labute approximate surface area is 340 Å². The summed E-state index contributed by atoms with van der Waals surface area (Å²) >= 11 is 0.973. The summed E-state index contributed by atoms with van der Waals surface area (Å²) < 4.78 is 62.2. The third-order valence-corrected chi connectivity index (χ3v) is 12.4. The molecule has 1 saturated heterocycles. The van der Waals surface area contributed by atoms with Crippen LogP contribution < -0.4 is 22.1 Å². The molecule has 3 heterocycles. The van der Waals surface area contributed by atoms with Crippen LogP contribution in [0.15, 0.2) is 43.0 Å². The fraction of sp³-hybridized carbons (Fsp3) is 0.533. The highest BCUT2D eigenvalue weighted by molar-refractivity contribution is 8.13. The molecule has 2 amide bonds. The molecule has 25 nitrogen and oxygen atoms in total. The van der Waals surface area contributed by atoms with Crippen LogP contribution in [0.2, 0.25) is 0 Å². The van der Waals surface area contributed by atoms with Gasteiger partial charge in [-0.2, -0.15) is 4.31 Å². The van der Waals surface area contributed by atoms with E-state index in [-0.39, 0.29) is 47.4 Å². The molecule has 3 aromatic rings. The fourth-order valence-electron chi connectivity index (χ4n) is 5.34. The number of aliphatic hydroxyl groups excluding tert-OH is 2. The van der Waals surface area contributed by atoms with Gasteiger partial charge in [-0.15, -0.1) is 0 Å². The standard InChI is InChI=1S/C30H45N8O17P3S/c1-30(2,24(41)27(42)34-9-8-20(39)33-10-11-59-29(43)18(31)12-17-6-4-3-5-7-17)14-52-58(49,50)55-57(47,48)51-13-19-23(54-56(44,45)46)22(40)28(53-19)38-16-37-21-25(32)35-15-36-26(21)38/h3-7,15-16,18-19,22-24,28,40-41H,8-14,31H2,1-2H3,(H,33,39)(H,34,42)(H,47,48)(H,49,50)(H2,32,35,36)(H2,44,45,46)/t18-,19+,22+,23+,24-,28+/m0/s1. The Morgan fingerprint density at radius 1 is 1.02 bits per heavy atom. The maximum Gasteiger partial charge on any atom is 0.481 e. The van der Waals surface area contributed by atoms with Crippen molar-refractivity contribution in [2.45, 2.75) is 63.4 Å². The number of hydrogen-bond acceptors (Lipinski definition) is 19. The Hall–Kier alpha value is -3.26. The fourth-order valence-corrected chi connectivity index (χ4v) is 8.87. The Morgan fingerprint density at radius 3 is 2.37 bits per heavy atom. The van der Waals surface area contributed by atoms with Gasteiger partial charge in [0.15, 0.2) is 17.7 Å². The number of nitrogens with two attached hydrogens (primary N) is 2. The third-order valence-electron chi connectivity index (χ3n) is 8.35. The molecule has 2 aromatic heterocycles. The van der Waals surface area contributed by atoms with Crippen LogP contribution >= 0.6 is 35.2 Å². The van der Waals surface area contributed by atoms with Crippen LogP contribution in [0, 0.1) is 5.41 Å². The maximum atomic E-state index is 12.7. The van der Waals surface area contributed by atoms with Crippen LogP contribution in [-0.2, 0) is 57.1 Å². The zero-order valence-electron chi connectivity index (χ0n) is 31.3. The van der Waals surface area contributed by atoms with Crippen molar-refractivity contribution in [2.75, 3.05) is 37.8 Å². The Kier molecular flexibility index (Phi) is 16.8. The molecular formula is C30H45N8O17P3S. The first-order valence-electron chi connectivity index (χ1n) is 17.3. The van der Waals surface area contributed by atoms with Gasteiger partial charge in [0.2, 0.25) is 16.9 Å². The third kappa shape index (κ3) is 14.4. The number of aliphatic hydroxyl groups is 2. The minimum absolute atomic E-state index is 0.0268. The predicted octanol–water partition coefficient (Wildman–Crippen LogP) is -0.765. The Bertz CT molecular complexity index is 2080. The van der Waals surface area contributed by atoms with Crippen molar-refractivity contribution in [3.8, 4) is 0 Å². The number of imidazole rings is 1.